The largest absolute Gasteiger partial charge is 0.492 e. The first-order valence-corrected chi connectivity index (χ1v) is 13.0. The molecule has 2 aromatic rings. The summed E-state index contributed by atoms with van der Waals surface area (Å²) in [6.07, 6.45) is 2.64. The van der Waals surface area contributed by atoms with Crippen LogP contribution in [0.5, 0.6) is 5.75 Å². The van der Waals surface area contributed by atoms with Gasteiger partial charge >= 0.3 is 0 Å². The number of halogens is 2. The van der Waals surface area contributed by atoms with Crippen molar-refractivity contribution in [3.05, 3.63) is 53.3 Å². The van der Waals surface area contributed by atoms with E-state index in [4.69, 9.17) is 4.74 Å². The number of ether oxygens (including phenoxy) is 1. The highest BCUT2D eigenvalue weighted by molar-refractivity contribution is 5.95. The standard InChI is InChI=1S/C29H35F2N3O3/c1-29(2,31)19-33-12-9-20(10-13-33)18-37-27-8-6-21(14-23(27)16-32)25-7-5-22(15-26(25)30)28(36)34-11-3-4-24(35)17-34/h5-8,14-15,20,24,35H,3-4,9-13,17-19H2,1-2H3/t24-/m0/s1. The second kappa shape index (κ2) is 11.6. The van der Waals surface area contributed by atoms with E-state index in [1.54, 1.807) is 49.1 Å². The summed E-state index contributed by atoms with van der Waals surface area (Å²) in [5, 5.41) is 19.5. The van der Waals surface area contributed by atoms with E-state index in [1.165, 1.54) is 6.07 Å². The molecule has 2 fully saturated rings. The van der Waals surface area contributed by atoms with Gasteiger partial charge in [-0.15, -0.1) is 0 Å². The van der Waals surface area contributed by atoms with Crippen molar-refractivity contribution in [2.75, 3.05) is 39.3 Å². The van der Waals surface area contributed by atoms with Crippen LogP contribution in [-0.2, 0) is 0 Å². The molecule has 37 heavy (non-hydrogen) atoms. The minimum Gasteiger partial charge on any atom is -0.492 e. The molecule has 2 heterocycles. The Hall–Kier alpha value is -3.02. The van der Waals surface area contributed by atoms with Crippen molar-refractivity contribution in [2.45, 2.75) is 51.3 Å². The highest BCUT2D eigenvalue weighted by atomic mass is 19.1. The first kappa shape index (κ1) is 27.0. The molecule has 2 aromatic carbocycles. The van der Waals surface area contributed by atoms with Crippen LogP contribution in [0, 0.1) is 23.1 Å². The summed E-state index contributed by atoms with van der Waals surface area (Å²) >= 11 is 0. The average molecular weight is 512 g/mol. The Labute approximate surface area is 217 Å². The van der Waals surface area contributed by atoms with Crippen LogP contribution in [0.1, 0.15) is 55.5 Å². The summed E-state index contributed by atoms with van der Waals surface area (Å²) in [6, 6.07) is 11.5. The van der Waals surface area contributed by atoms with Gasteiger partial charge in [0.2, 0.25) is 0 Å². The highest BCUT2D eigenvalue weighted by Gasteiger charge is 2.26. The fourth-order valence-electron chi connectivity index (χ4n) is 5.17. The van der Waals surface area contributed by atoms with Crippen LogP contribution in [0.25, 0.3) is 11.1 Å². The van der Waals surface area contributed by atoms with Crippen LogP contribution < -0.4 is 4.74 Å². The average Bonchev–Trinajstić information content (AvgIpc) is 2.87. The van der Waals surface area contributed by atoms with Gasteiger partial charge in [0, 0.05) is 30.8 Å². The second-order valence-corrected chi connectivity index (χ2v) is 10.8. The summed E-state index contributed by atoms with van der Waals surface area (Å²) in [7, 11) is 0. The molecule has 1 N–H and O–H groups in total. The molecule has 0 saturated carbocycles. The Balaban J connectivity index is 1.39. The number of hydrogen-bond acceptors (Lipinski definition) is 5. The van der Waals surface area contributed by atoms with Gasteiger partial charge in [-0.2, -0.15) is 5.26 Å². The molecule has 0 unspecified atom stereocenters. The van der Waals surface area contributed by atoms with E-state index in [0.717, 1.165) is 32.4 Å². The van der Waals surface area contributed by atoms with Gasteiger partial charge in [-0.1, -0.05) is 12.1 Å². The van der Waals surface area contributed by atoms with Crippen molar-refractivity contribution >= 4 is 5.91 Å². The number of carbonyl (C=O) groups excluding carboxylic acids is 1. The summed E-state index contributed by atoms with van der Waals surface area (Å²) in [6.45, 7) is 6.52. The minimum absolute atomic E-state index is 0.233. The third-order valence-electron chi connectivity index (χ3n) is 7.09. The molecule has 6 nitrogen and oxygen atoms in total. The number of aliphatic hydroxyl groups excluding tert-OH is 1. The minimum atomic E-state index is -1.21. The number of nitrogens with zero attached hydrogens (tertiary/aromatic N) is 3. The Kier molecular flexibility index (Phi) is 8.46. The number of carbonyl (C=O) groups is 1. The normalized spacial score (nSPS) is 19.5. The lowest BCUT2D eigenvalue weighted by Gasteiger charge is -2.34. The molecule has 0 aromatic heterocycles. The lowest BCUT2D eigenvalue weighted by molar-refractivity contribution is 0.0473. The number of likely N-dealkylation sites (tertiary alicyclic amines) is 2. The number of aliphatic hydroxyl groups is 1. The lowest BCUT2D eigenvalue weighted by atomic mass is 9.96. The van der Waals surface area contributed by atoms with E-state index in [-0.39, 0.29) is 18.0 Å². The van der Waals surface area contributed by atoms with Gasteiger partial charge in [0.25, 0.3) is 5.91 Å². The third kappa shape index (κ3) is 7.06. The van der Waals surface area contributed by atoms with E-state index in [0.29, 0.717) is 54.5 Å². The molecule has 198 valence electrons. The van der Waals surface area contributed by atoms with Crippen molar-refractivity contribution in [3.8, 4) is 22.9 Å². The maximum atomic E-state index is 15.0. The number of alkyl halides is 1. The molecule has 4 rings (SSSR count). The van der Waals surface area contributed by atoms with Crippen molar-refractivity contribution < 1.29 is 23.4 Å². The summed E-state index contributed by atoms with van der Waals surface area (Å²) in [5.41, 5.74) is 0.157. The maximum absolute atomic E-state index is 15.0. The fraction of sp³-hybridized carbons (Fsp3) is 0.517. The van der Waals surface area contributed by atoms with Crippen LogP contribution in [-0.4, -0.2) is 71.9 Å². The Morgan fingerprint density at radius 3 is 2.57 bits per heavy atom. The van der Waals surface area contributed by atoms with E-state index < -0.39 is 17.6 Å². The van der Waals surface area contributed by atoms with Crippen molar-refractivity contribution in [1.82, 2.24) is 9.80 Å². The molecule has 8 heteroatoms. The number of rotatable bonds is 7. The highest BCUT2D eigenvalue weighted by Crippen LogP contribution is 2.30. The van der Waals surface area contributed by atoms with Crippen molar-refractivity contribution in [2.24, 2.45) is 5.92 Å². The maximum Gasteiger partial charge on any atom is 0.254 e. The predicted octanol–water partition coefficient (Wildman–Crippen LogP) is 4.80. The van der Waals surface area contributed by atoms with Gasteiger partial charge in [0.1, 0.15) is 23.3 Å². The van der Waals surface area contributed by atoms with Crippen LogP contribution in [0.3, 0.4) is 0 Å². The first-order chi connectivity index (χ1) is 17.6. The van der Waals surface area contributed by atoms with E-state index in [2.05, 4.69) is 11.0 Å². The smallest absolute Gasteiger partial charge is 0.254 e. The molecule has 0 bridgehead atoms. The molecular formula is C29H35F2N3O3. The van der Waals surface area contributed by atoms with Crippen LogP contribution in [0.4, 0.5) is 8.78 Å². The van der Waals surface area contributed by atoms with Gasteiger partial charge < -0.3 is 19.6 Å². The lowest BCUT2D eigenvalue weighted by Crippen LogP contribution is -2.42. The Morgan fingerprint density at radius 1 is 1.16 bits per heavy atom. The van der Waals surface area contributed by atoms with E-state index in [1.807, 2.05) is 0 Å². The SMILES string of the molecule is CC(C)(F)CN1CCC(COc2ccc(-c3ccc(C(=O)N4CCC[C@H](O)C4)cc3F)cc2C#N)CC1. The molecule has 1 amide bonds. The number of benzene rings is 2. The second-order valence-electron chi connectivity index (χ2n) is 10.8. The molecule has 2 aliphatic heterocycles. The van der Waals surface area contributed by atoms with Crippen molar-refractivity contribution in [1.29, 1.82) is 5.26 Å². The van der Waals surface area contributed by atoms with Gasteiger partial charge in [-0.25, -0.2) is 8.78 Å². The molecule has 1 atom stereocenters. The van der Waals surface area contributed by atoms with E-state index >= 15 is 4.39 Å². The van der Waals surface area contributed by atoms with Gasteiger partial charge in [0.15, 0.2) is 0 Å². The molecule has 2 aliphatic rings. The predicted molar refractivity (Wildman–Crippen MR) is 138 cm³/mol. The quantitative estimate of drug-likeness (QED) is 0.578. The Morgan fingerprint density at radius 2 is 1.92 bits per heavy atom. The number of amides is 1. The van der Waals surface area contributed by atoms with Gasteiger partial charge in [-0.3, -0.25) is 4.79 Å². The topological polar surface area (TPSA) is 76.8 Å². The number of β-amino-alcohol motifs (C(OH)–C–C–N with tert-alkyl or cyclic N) is 1. The molecular weight excluding hydrogens is 476 g/mol. The number of nitriles is 1. The summed E-state index contributed by atoms with van der Waals surface area (Å²) < 4.78 is 34.9. The van der Waals surface area contributed by atoms with Crippen molar-refractivity contribution in [3.63, 3.8) is 0 Å². The molecule has 2 saturated heterocycles. The van der Waals surface area contributed by atoms with E-state index in [9.17, 15) is 19.6 Å². The molecule has 0 radical (unpaired) electrons. The molecule has 0 spiro atoms. The van der Waals surface area contributed by atoms with Crippen LogP contribution >= 0.6 is 0 Å². The third-order valence-corrected chi connectivity index (χ3v) is 7.09. The van der Waals surface area contributed by atoms with Gasteiger partial charge in [0.05, 0.1) is 18.3 Å². The summed E-state index contributed by atoms with van der Waals surface area (Å²) in [4.78, 5) is 16.4. The number of piperidine rings is 2. The van der Waals surface area contributed by atoms with Crippen LogP contribution in [0.2, 0.25) is 0 Å². The first-order valence-electron chi connectivity index (χ1n) is 13.0. The summed E-state index contributed by atoms with van der Waals surface area (Å²) in [5.74, 6) is -0.0720. The Bertz CT molecular complexity index is 1150. The number of hydrogen-bond donors (Lipinski definition) is 1. The van der Waals surface area contributed by atoms with Crippen LogP contribution in [0.15, 0.2) is 36.4 Å². The van der Waals surface area contributed by atoms with Gasteiger partial charge in [-0.05, 0) is 88.4 Å². The molecule has 0 aliphatic carbocycles. The zero-order valence-corrected chi connectivity index (χ0v) is 21.6. The fourth-order valence-corrected chi connectivity index (χ4v) is 5.17. The zero-order valence-electron chi connectivity index (χ0n) is 21.6. The monoisotopic (exact) mass is 511 g/mol. The zero-order chi connectivity index (χ0) is 26.6.